The molecule has 0 saturated carbocycles. The van der Waals surface area contributed by atoms with Gasteiger partial charge >= 0.3 is 10.1 Å². The van der Waals surface area contributed by atoms with Gasteiger partial charge in [0.15, 0.2) is 0 Å². The molecule has 17 heavy (non-hydrogen) atoms. The summed E-state index contributed by atoms with van der Waals surface area (Å²) in [4.78, 5) is 10.4. The summed E-state index contributed by atoms with van der Waals surface area (Å²) in [5, 5.41) is 11.3. The molecule has 0 bridgehead atoms. The van der Waals surface area contributed by atoms with Crippen LogP contribution in [0.4, 0.5) is 0 Å². The van der Waals surface area contributed by atoms with Crippen molar-refractivity contribution in [3.63, 3.8) is 0 Å². The Hall–Kier alpha value is -2.40. The Labute approximate surface area is 97.2 Å². The van der Waals surface area contributed by atoms with Gasteiger partial charge in [-0.15, -0.1) is 0 Å². The van der Waals surface area contributed by atoms with Crippen molar-refractivity contribution >= 4 is 21.7 Å². The molecule has 2 N–H and O–H groups in total. The van der Waals surface area contributed by atoms with Gasteiger partial charge < -0.3 is 5.73 Å². The molecule has 0 atom stereocenters. The van der Waals surface area contributed by atoms with E-state index in [-0.39, 0.29) is 4.90 Å². The van der Waals surface area contributed by atoms with Crippen molar-refractivity contribution in [2.75, 3.05) is 0 Å². The highest BCUT2D eigenvalue weighted by Crippen LogP contribution is 2.11. The van der Waals surface area contributed by atoms with Crippen LogP contribution in [0.3, 0.4) is 0 Å². The van der Waals surface area contributed by atoms with Crippen molar-refractivity contribution in [3.8, 4) is 6.07 Å². The van der Waals surface area contributed by atoms with Gasteiger partial charge in [-0.3, -0.25) is 9.08 Å². The maximum atomic E-state index is 11.5. The zero-order valence-electron chi connectivity index (χ0n) is 8.40. The second kappa shape index (κ2) is 5.09. The van der Waals surface area contributed by atoms with Gasteiger partial charge in [-0.1, -0.05) is 18.2 Å². The van der Waals surface area contributed by atoms with Crippen molar-refractivity contribution < 1.29 is 17.5 Å². The van der Waals surface area contributed by atoms with Crippen molar-refractivity contribution in [3.05, 3.63) is 30.3 Å². The van der Waals surface area contributed by atoms with Gasteiger partial charge in [0.1, 0.15) is 11.0 Å². The van der Waals surface area contributed by atoms with Gasteiger partial charge in [-0.05, 0) is 17.3 Å². The van der Waals surface area contributed by atoms with E-state index in [0.717, 1.165) is 0 Å². The van der Waals surface area contributed by atoms with E-state index in [1.54, 1.807) is 6.07 Å². The van der Waals surface area contributed by atoms with Crippen LogP contribution in [0.1, 0.15) is 0 Å². The molecule has 1 rings (SSSR count). The highest BCUT2D eigenvalue weighted by molar-refractivity contribution is 7.86. The molecule has 88 valence electrons. The highest BCUT2D eigenvalue weighted by Gasteiger charge is 2.16. The summed E-state index contributed by atoms with van der Waals surface area (Å²) >= 11 is 0. The SMILES string of the molecule is N#C/C(=N\OS(=O)(=O)c1ccccc1)C(N)=O. The number of amides is 1. The van der Waals surface area contributed by atoms with Gasteiger partial charge in [-0.25, -0.2) is 0 Å². The number of nitriles is 1. The molecule has 0 fully saturated rings. The van der Waals surface area contributed by atoms with Crippen LogP contribution in [0, 0.1) is 11.3 Å². The molecule has 0 aliphatic heterocycles. The zero-order chi connectivity index (χ0) is 12.9. The molecule has 0 spiro atoms. The molecule has 1 aromatic rings. The van der Waals surface area contributed by atoms with E-state index in [1.807, 2.05) is 0 Å². The standard InChI is InChI=1S/C9H7N3O4S/c10-6-8(9(11)13)12-16-17(14,15)7-4-2-1-3-5-7/h1-5H,(H2,11,13)/b12-8+. The number of hydrogen-bond acceptors (Lipinski definition) is 6. The summed E-state index contributed by atoms with van der Waals surface area (Å²) in [7, 11) is -4.15. The van der Waals surface area contributed by atoms with Crippen molar-refractivity contribution in [1.29, 1.82) is 5.26 Å². The molecule has 0 radical (unpaired) electrons. The van der Waals surface area contributed by atoms with Gasteiger partial charge in [0.25, 0.3) is 5.91 Å². The minimum Gasteiger partial charge on any atom is -0.364 e. The first-order valence-electron chi connectivity index (χ1n) is 4.24. The molecule has 0 heterocycles. The molecular weight excluding hydrogens is 246 g/mol. The second-order valence-electron chi connectivity index (χ2n) is 2.76. The number of carbonyl (C=O) groups excluding carboxylic acids is 1. The number of nitrogens with two attached hydrogens (primary N) is 1. The Kier molecular flexibility index (Phi) is 3.79. The number of benzene rings is 1. The van der Waals surface area contributed by atoms with Crippen LogP contribution in [-0.4, -0.2) is 20.0 Å². The topological polar surface area (TPSA) is 123 Å². The lowest BCUT2D eigenvalue weighted by atomic mass is 10.4. The van der Waals surface area contributed by atoms with Crippen LogP contribution in [0.15, 0.2) is 40.4 Å². The molecule has 1 amide bonds. The monoisotopic (exact) mass is 253 g/mol. The third-order valence-electron chi connectivity index (χ3n) is 1.60. The summed E-state index contributed by atoms with van der Waals surface area (Å²) in [5.74, 6) is -1.17. The number of carbonyl (C=O) groups is 1. The van der Waals surface area contributed by atoms with Crippen LogP contribution in [0.2, 0.25) is 0 Å². The number of oxime groups is 1. The van der Waals surface area contributed by atoms with Gasteiger partial charge in [-0.2, -0.15) is 13.7 Å². The third kappa shape index (κ3) is 3.29. The summed E-state index contributed by atoms with van der Waals surface area (Å²) in [6.45, 7) is 0. The lowest BCUT2D eigenvalue weighted by molar-refractivity contribution is -0.111. The van der Waals surface area contributed by atoms with E-state index in [4.69, 9.17) is 11.0 Å². The van der Waals surface area contributed by atoms with Gasteiger partial charge in [0, 0.05) is 0 Å². The number of nitrogens with zero attached hydrogens (tertiary/aromatic N) is 2. The van der Waals surface area contributed by atoms with Crippen LogP contribution in [0.5, 0.6) is 0 Å². The molecular formula is C9H7N3O4S. The largest absolute Gasteiger partial charge is 0.364 e. The summed E-state index contributed by atoms with van der Waals surface area (Å²) < 4.78 is 27.1. The van der Waals surface area contributed by atoms with Crippen molar-refractivity contribution in [1.82, 2.24) is 0 Å². The summed E-state index contributed by atoms with van der Waals surface area (Å²) in [6, 6.07) is 8.46. The highest BCUT2D eigenvalue weighted by atomic mass is 32.2. The van der Waals surface area contributed by atoms with E-state index < -0.39 is 21.7 Å². The molecule has 0 aromatic heterocycles. The van der Waals surface area contributed by atoms with Gasteiger partial charge in [0.05, 0.1) is 0 Å². The number of primary amides is 1. The third-order valence-corrected chi connectivity index (χ3v) is 2.72. The fourth-order valence-electron chi connectivity index (χ4n) is 0.837. The van der Waals surface area contributed by atoms with Crippen LogP contribution >= 0.6 is 0 Å². The minimum atomic E-state index is -4.15. The average Bonchev–Trinajstić information content (AvgIpc) is 2.30. The molecule has 0 aliphatic carbocycles. The number of rotatable bonds is 4. The first kappa shape index (κ1) is 12.7. The van der Waals surface area contributed by atoms with Crippen LogP contribution in [-0.2, 0) is 19.2 Å². The van der Waals surface area contributed by atoms with Crippen molar-refractivity contribution in [2.24, 2.45) is 10.9 Å². The predicted octanol–water partition coefficient (Wildman–Crippen LogP) is -0.243. The smallest absolute Gasteiger partial charge is 0.358 e. The lowest BCUT2D eigenvalue weighted by Crippen LogP contribution is -2.22. The summed E-state index contributed by atoms with van der Waals surface area (Å²) in [5.41, 5.74) is 3.92. The molecule has 8 heteroatoms. The first-order valence-corrected chi connectivity index (χ1v) is 5.65. The fraction of sp³-hybridized carbons (Fsp3) is 0. The maximum absolute atomic E-state index is 11.5. The van der Waals surface area contributed by atoms with Crippen molar-refractivity contribution in [2.45, 2.75) is 4.90 Å². The normalized spacial score (nSPS) is 11.6. The van der Waals surface area contributed by atoms with Gasteiger partial charge in [0.2, 0.25) is 5.71 Å². The summed E-state index contributed by atoms with van der Waals surface area (Å²) in [6.07, 6.45) is 0. The average molecular weight is 253 g/mol. The zero-order valence-corrected chi connectivity index (χ0v) is 9.22. The van der Waals surface area contributed by atoms with E-state index in [0.29, 0.717) is 0 Å². The molecule has 0 aliphatic rings. The lowest BCUT2D eigenvalue weighted by Gasteiger charge is -2.00. The fourth-order valence-corrected chi connectivity index (χ4v) is 1.59. The Balaban J connectivity index is 2.98. The quantitative estimate of drug-likeness (QED) is 0.585. The first-order chi connectivity index (χ1) is 7.97. The molecule has 7 nitrogen and oxygen atoms in total. The molecule has 0 unspecified atom stereocenters. The second-order valence-corrected chi connectivity index (χ2v) is 4.29. The predicted molar refractivity (Wildman–Crippen MR) is 57.0 cm³/mol. The minimum absolute atomic E-state index is 0.148. The Bertz CT molecular complexity index is 586. The van der Waals surface area contributed by atoms with E-state index in [9.17, 15) is 13.2 Å². The van der Waals surface area contributed by atoms with E-state index in [1.165, 1.54) is 30.3 Å². The molecule has 1 aromatic carbocycles. The van der Waals surface area contributed by atoms with E-state index in [2.05, 4.69) is 9.44 Å². The van der Waals surface area contributed by atoms with Crippen LogP contribution in [0.25, 0.3) is 0 Å². The van der Waals surface area contributed by atoms with Crippen LogP contribution < -0.4 is 5.73 Å². The Morgan fingerprint density at radius 2 is 1.94 bits per heavy atom. The van der Waals surface area contributed by atoms with E-state index >= 15 is 0 Å². The molecule has 0 saturated heterocycles. The number of hydrogen-bond donors (Lipinski definition) is 1. The Morgan fingerprint density at radius 3 is 2.41 bits per heavy atom. The Morgan fingerprint density at radius 1 is 1.35 bits per heavy atom. The maximum Gasteiger partial charge on any atom is 0.358 e.